The summed E-state index contributed by atoms with van der Waals surface area (Å²) in [6, 6.07) is 21.1. The SMILES string of the molecule is CN=C(NCc1cnn(Cc2ccccc2)c1)NCC1(c2ccccc2)CC1. The van der Waals surface area contributed by atoms with Crippen molar-refractivity contribution >= 4 is 5.96 Å². The van der Waals surface area contributed by atoms with Crippen LogP contribution in [-0.2, 0) is 18.5 Å². The molecule has 5 nitrogen and oxygen atoms in total. The van der Waals surface area contributed by atoms with E-state index in [0.717, 1.165) is 24.6 Å². The van der Waals surface area contributed by atoms with Gasteiger partial charge >= 0.3 is 0 Å². The molecule has 0 aliphatic heterocycles. The monoisotopic (exact) mass is 373 g/mol. The molecule has 28 heavy (non-hydrogen) atoms. The standard InChI is InChI=1S/C23H27N5/c1-24-22(26-18-23(12-13-23)21-10-6-3-7-11-21)25-14-20-15-27-28(17-20)16-19-8-4-2-5-9-19/h2-11,15,17H,12-14,16,18H2,1H3,(H2,24,25,26). The van der Waals surface area contributed by atoms with Crippen LogP contribution in [0.15, 0.2) is 78.0 Å². The summed E-state index contributed by atoms with van der Waals surface area (Å²) in [4.78, 5) is 4.37. The summed E-state index contributed by atoms with van der Waals surface area (Å²) in [5.41, 5.74) is 4.07. The van der Waals surface area contributed by atoms with Gasteiger partial charge in [-0.05, 0) is 24.0 Å². The van der Waals surface area contributed by atoms with Crippen LogP contribution in [-0.4, -0.2) is 29.3 Å². The molecule has 1 fully saturated rings. The Bertz CT molecular complexity index is 910. The highest BCUT2D eigenvalue weighted by atomic mass is 15.3. The highest BCUT2D eigenvalue weighted by Crippen LogP contribution is 2.47. The lowest BCUT2D eigenvalue weighted by molar-refractivity contribution is 0.645. The van der Waals surface area contributed by atoms with E-state index in [-0.39, 0.29) is 5.41 Å². The van der Waals surface area contributed by atoms with Gasteiger partial charge in [-0.3, -0.25) is 9.67 Å². The molecule has 0 unspecified atom stereocenters. The smallest absolute Gasteiger partial charge is 0.191 e. The highest BCUT2D eigenvalue weighted by Gasteiger charge is 2.43. The predicted molar refractivity (Wildman–Crippen MR) is 113 cm³/mol. The number of hydrogen-bond donors (Lipinski definition) is 2. The summed E-state index contributed by atoms with van der Waals surface area (Å²) < 4.78 is 1.97. The van der Waals surface area contributed by atoms with Gasteiger partial charge in [-0.15, -0.1) is 0 Å². The molecule has 1 aliphatic carbocycles. The Balaban J connectivity index is 1.28. The van der Waals surface area contributed by atoms with E-state index in [9.17, 15) is 0 Å². The van der Waals surface area contributed by atoms with Gasteiger partial charge in [-0.2, -0.15) is 5.10 Å². The molecular formula is C23H27N5. The fourth-order valence-corrected chi connectivity index (χ4v) is 3.52. The second kappa shape index (κ2) is 8.30. The zero-order chi connectivity index (χ0) is 19.2. The van der Waals surface area contributed by atoms with Crippen LogP contribution >= 0.6 is 0 Å². The molecule has 2 N–H and O–H groups in total. The molecule has 0 amide bonds. The first-order valence-electron chi connectivity index (χ1n) is 9.83. The fourth-order valence-electron chi connectivity index (χ4n) is 3.52. The molecule has 1 aromatic heterocycles. The zero-order valence-electron chi connectivity index (χ0n) is 16.3. The topological polar surface area (TPSA) is 54.2 Å². The van der Waals surface area contributed by atoms with E-state index in [1.807, 2.05) is 24.0 Å². The summed E-state index contributed by atoms with van der Waals surface area (Å²) in [7, 11) is 1.82. The molecule has 5 heteroatoms. The van der Waals surface area contributed by atoms with Crippen LogP contribution in [0.4, 0.5) is 0 Å². The highest BCUT2D eigenvalue weighted by molar-refractivity contribution is 5.79. The molecule has 0 saturated heterocycles. The van der Waals surface area contributed by atoms with E-state index in [0.29, 0.717) is 6.54 Å². The number of nitrogens with zero attached hydrogens (tertiary/aromatic N) is 3. The van der Waals surface area contributed by atoms with Gasteiger partial charge in [0.1, 0.15) is 0 Å². The van der Waals surface area contributed by atoms with Gasteiger partial charge in [0.25, 0.3) is 0 Å². The molecular weight excluding hydrogens is 346 g/mol. The van der Waals surface area contributed by atoms with E-state index in [1.165, 1.54) is 24.0 Å². The van der Waals surface area contributed by atoms with Crippen molar-refractivity contribution in [3.05, 3.63) is 89.7 Å². The molecule has 1 heterocycles. The molecule has 0 atom stereocenters. The van der Waals surface area contributed by atoms with Crippen LogP contribution in [0.3, 0.4) is 0 Å². The molecule has 4 rings (SSSR count). The van der Waals surface area contributed by atoms with Crippen molar-refractivity contribution in [1.29, 1.82) is 0 Å². The third kappa shape index (κ3) is 4.42. The van der Waals surface area contributed by atoms with Crippen molar-refractivity contribution < 1.29 is 0 Å². The quantitative estimate of drug-likeness (QED) is 0.493. The third-order valence-electron chi connectivity index (χ3n) is 5.39. The molecule has 1 saturated carbocycles. The first kappa shape index (κ1) is 18.3. The molecule has 144 valence electrons. The van der Waals surface area contributed by atoms with Crippen molar-refractivity contribution in [2.75, 3.05) is 13.6 Å². The number of guanidine groups is 1. The van der Waals surface area contributed by atoms with Crippen LogP contribution in [0.2, 0.25) is 0 Å². The van der Waals surface area contributed by atoms with Crippen LogP contribution in [0.1, 0.15) is 29.5 Å². The largest absolute Gasteiger partial charge is 0.356 e. The number of benzene rings is 2. The lowest BCUT2D eigenvalue weighted by atomic mass is 9.96. The van der Waals surface area contributed by atoms with Crippen molar-refractivity contribution in [1.82, 2.24) is 20.4 Å². The summed E-state index contributed by atoms with van der Waals surface area (Å²) >= 11 is 0. The molecule has 0 spiro atoms. The van der Waals surface area contributed by atoms with Crippen LogP contribution in [0.25, 0.3) is 0 Å². The molecule has 1 aliphatic rings. The minimum atomic E-state index is 0.263. The minimum absolute atomic E-state index is 0.263. The van der Waals surface area contributed by atoms with Crippen molar-refractivity contribution in [3.8, 4) is 0 Å². The lowest BCUT2D eigenvalue weighted by Gasteiger charge is -2.19. The van der Waals surface area contributed by atoms with Gasteiger partial charge in [-0.25, -0.2) is 0 Å². The van der Waals surface area contributed by atoms with Gasteiger partial charge in [0.05, 0.1) is 12.7 Å². The average molecular weight is 374 g/mol. The zero-order valence-corrected chi connectivity index (χ0v) is 16.3. The number of nitrogens with one attached hydrogen (secondary N) is 2. The molecule has 0 radical (unpaired) electrons. The van der Waals surface area contributed by atoms with E-state index in [2.05, 4.69) is 81.5 Å². The Morgan fingerprint density at radius 3 is 2.39 bits per heavy atom. The Labute approximate surface area is 166 Å². The summed E-state index contributed by atoms with van der Waals surface area (Å²) in [6.45, 7) is 2.39. The Morgan fingerprint density at radius 2 is 1.71 bits per heavy atom. The number of hydrogen-bond acceptors (Lipinski definition) is 2. The summed E-state index contributed by atoms with van der Waals surface area (Å²) in [6.07, 6.45) is 6.45. The first-order valence-corrected chi connectivity index (χ1v) is 9.83. The Hall–Kier alpha value is -3.08. The van der Waals surface area contributed by atoms with Gasteiger partial charge in [-0.1, -0.05) is 60.7 Å². The average Bonchev–Trinajstić information content (AvgIpc) is 3.42. The maximum Gasteiger partial charge on any atom is 0.191 e. The number of aromatic nitrogens is 2. The third-order valence-corrected chi connectivity index (χ3v) is 5.39. The molecule has 2 aromatic carbocycles. The maximum absolute atomic E-state index is 4.47. The minimum Gasteiger partial charge on any atom is -0.356 e. The summed E-state index contributed by atoms with van der Waals surface area (Å²) in [5.74, 6) is 0.831. The van der Waals surface area contributed by atoms with Crippen molar-refractivity contribution in [2.45, 2.75) is 31.3 Å². The first-order chi connectivity index (χ1) is 13.8. The predicted octanol–water partition coefficient (Wildman–Crippen LogP) is 3.33. The van der Waals surface area contributed by atoms with Crippen molar-refractivity contribution in [2.24, 2.45) is 4.99 Å². The van der Waals surface area contributed by atoms with E-state index in [4.69, 9.17) is 0 Å². The van der Waals surface area contributed by atoms with Crippen LogP contribution in [0, 0.1) is 0 Å². The van der Waals surface area contributed by atoms with Gasteiger partial charge in [0, 0.05) is 37.3 Å². The Kier molecular flexibility index (Phi) is 5.42. The van der Waals surface area contributed by atoms with E-state index < -0.39 is 0 Å². The van der Waals surface area contributed by atoms with Gasteiger partial charge in [0.2, 0.25) is 0 Å². The van der Waals surface area contributed by atoms with Crippen LogP contribution in [0.5, 0.6) is 0 Å². The second-order valence-electron chi connectivity index (χ2n) is 7.46. The second-order valence-corrected chi connectivity index (χ2v) is 7.46. The van der Waals surface area contributed by atoms with Gasteiger partial charge in [0.15, 0.2) is 5.96 Å². The van der Waals surface area contributed by atoms with Crippen molar-refractivity contribution in [3.63, 3.8) is 0 Å². The van der Waals surface area contributed by atoms with E-state index >= 15 is 0 Å². The van der Waals surface area contributed by atoms with Gasteiger partial charge < -0.3 is 10.6 Å². The molecule has 0 bridgehead atoms. The number of rotatable bonds is 7. The summed E-state index contributed by atoms with van der Waals surface area (Å²) in [5, 5.41) is 11.4. The normalized spacial score (nSPS) is 15.2. The number of aliphatic imine (C=N–C) groups is 1. The maximum atomic E-state index is 4.47. The fraction of sp³-hybridized carbons (Fsp3) is 0.304. The lowest BCUT2D eigenvalue weighted by Crippen LogP contribution is -2.40. The van der Waals surface area contributed by atoms with Crippen LogP contribution < -0.4 is 10.6 Å². The molecule has 3 aromatic rings. The Morgan fingerprint density at radius 1 is 1.00 bits per heavy atom. The van der Waals surface area contributed by atoms with E-state index in [1.54, 1.807) is 0 Å².